The predicted octanol–water partition coefficient (Wildman–Crippen LogP) is 4.06. The number of piperidine rings is 1. The van der Waals surface area contributed by atoms with Crippen molar-refractivity contribution in [3.63, 3.8) is 0 Å². The minimum absolute atomic E-state index is 0.0820. The first-order chi connectivity index (χ1) is 13.0. The molecule has 0 radical (unpaired) electrons. The summed E-state index contributed by atoms with van der Waals surface area (Å²) in [5.41, 5.74) is 2.86. The molecule has 0 spiro atoms. The average Bonchev–Trinajstić information content (AvgIpc) is 2.68. The first-order valence-corrected chi connectivity index (χ1v) is 9.96. The Morgan fingerprint density at radius 2 is 2.15 bits per heavy atom. The molecule has 0 aliphatic carbocycles. The minimum Gasteiger partial charge on any atom is -0.355 e. The van der Waals surface area contributed by atoms with Crippen LogP contribution in [0.2, 0.25) is 5.02 Å². The number of aryl methyl sites for hydroxylation is 2. The zero-order valence-electron chi connectivity index (χ0n) is 16.0. The van der Waals surface area contributed by atoms with Gasteiger partial charge in [-0.2, -0.15) is 0 Å². The van der Waals surface area contributed by atoms with Crippen LogP contribution in [0.4, 0.5) is 5.82 Å². The van der Waals surface area contributed by atoms with Crippen molar-refractivity contribution in [1.82, 2.24) is 15.3 Å². The SMILES string of the molecule is Cc1cnc(C)c(N2CCCC(CCC(=O)NCc3ccccc3Cl)C2)n1. The molecule has 1 aliphatic heterocycles. The Bertz CT molecular complexity index is 796. The van der Waals surface area contributed by atoms with E-state index < -0.39 is 0 Å². The number of rotatable bonds is 6. The number of benzene rings is 1. The smallest absolute Gasteiger partial charge is 0.220 e. The first-order valence-electron chi connectivity index (χ1n) is 9.58. The molecular weight excluding hydrogens is 360 g/mol. The zero-order valence-corrected chi connectivity index (χ0v) is 16.8. The van der Waals surface area contributed by atoms with Crippen molar-refractivity contribution in [2.45, 2.75) is 46.1 Å². The van der Waals surface area contributed by atoms with E-state index in [0.29, 0.717) is 23.9 Å². The van der Waals surface area contributed by atoms with Crippen LogP contribution in [0.5, 0.6) is 0 Å². The molecule has 3 rings (SSSR count). The average molecular weight is 387 g/mol. The van der Waals surface area contributed by atoms with Crippen molar-refractivity contribution in [1.29, 1.82) is 0 Å². The van der Waals surface area contributed by atoms with Crippen molar-refractivity contribution < 1.29 is 4.79 Å². The molecule has 6 heteroatoms. The lowest BCUT2D eigenvalue weighted by Crippen LogP contribution is -2.37. The monoisotopic (exact) mass is 386 g/mol. The van der Waals surface area contributed by atoms with Gasteiger partial charge < -0.3 is 10.2 Å². The van der Waals surface area contributed by atoms with Gasteiger partial charge in [-0.25, -0.2) is 4.98 Å². The third kappa shape index (κ3) is 5.42. The molecule has 5 nitrogen and oxygen atoms in total. The van der Waals surface area contributed by atoms with E-state index in [9.17, 15) is 4.79 Å². The third-order valence-corrected chi connectivity index (χ3v) is 5.45. The van der Waals surface area contributed by atoms with Crippen LogP contribution in [0, 0.1) is 19.8 Å². The topological polar surface area (TPSA) is 58.1 Å². The van der Waals surface area contributed by atoms with E-state index >= 15 is 0 Å². The summed E-state index contributed by atoms with van der Waals surface area (Å²) in [6, 6.07) is 7.60. The zero-order chi connectivity index (χ0) is 19.2. The first kappa shape index (κ1) is 19.6. The van der Waals surface area contributed by atoms with Gasteiger partial charge in [0.15, 0.2) is 0 Å². The fraction of sp³-hybridized carbons (Fsp3) is 0.476. The Balaban J connectivity index is 1.48. The van der Waals surface area contributed by atoms with E-state index in [1.807, 2.05) is 44.3 Å². The summed E-state index contributed by atoms with van der Waals surface area (Å²) in [4.78, 5) is 23.7. The molecule has 1 aromatic heterocycles. The minimum atomic E-state index is 0.0820. The number of carbonyl (C=O) groups excluding carboxylic acids is 1. The molecule has 144 valence electrons. The van der Waals surface area contributed by atoms with E-state index in [1.165, 1.54) is 0 Å². The van der Waals surface area contributed by atoms with Crippen molar-refractivity contribution >= 4 is 23.3 Å². The van der Waals surface area contributed by atoms with E-state index in [-0.39, 0.29) is 5.91 Å². The van der Waals surface area contributed by atoms with Crippen LogP contribution in [0.3, 0.4) is 0 Å². The molecule has 0 bridgehead atoms. The van der Waals surface area contributed by atoms with Gasteiger partial charge in [-0.15, -0.1) is 0 Å². The number of aromatic nitrogens is 2. The summed E-state index contributed by atoms with van der Waals surface area (Å²) < 4.78 is 0. The quantitative estimate of drug-likeness (QED) is 0.813. The lowest BCUT2D eigenvalue weighted by molar-refractivity contribution is -0.121. The van der Waals surface area contributed by atoms with Crippen LogP contribution >= 0.6 is 11.6 Å². The van der Waals surface area contributed by atoms with E-state index in [2.05, 4.69) is 20.2 Å². The summed E-state index contributed by atoms with van der Waals surface area (Å²) in [7, 11) is 0. The molecule has 1 saturated heterocycles. The molecule has 0 saturated carbocycles. The molecule has 27 heavy (non-hydrogen) atoms. The van der Waals surface area contributed by atoms with Gasteiger partial charge in [-0.3, -0.25) is 9.78 Å². The highest BCUT2D eigenvalue weighted by Crippen LogP contribution is 2.26. The normalized spacial score (nSPS) is 17.0. The van der Waals surface area contributed by atoms with E-state index in [4.69, 9.17) is 11.6 Å². The van der Waals surface area contributed by atoms with Gasteiger partial charge in [0, 0.05) is 37.3 Å². The van der Waals surface area contributed by atoms with Crippen LogP contribution in [-0.4, -0.2) is 29.0 Å². The summed E-state index contributed by atoms with van der Waals surface area (Å²) in [6.07, 6.45) is 5.53. The molecule has 1 N–H and O–H groups in total. The molecule has 1 atom stereocenters. The number of amides is 1. The van der Waals surface area contributed by atoms with Crippen LogP contribution in [0.1, 0.15) is 42.6 Å². The highest BCUT2D eigenvalue weighted by molar-refractivity contribution is 6.31. The Hall–Kier alpha value is -2.14. The van der Waals surface area contributed by atoms with Gasteiger partial charge >= 0.3 is 0 Å². The Labute approximate surface area is 166 Å². The Kier molecular flexibility index (Phi) is 6.67. The van der Waals surface area contributed by atoms with Gasteiger partial charge in [0.2, 0.25) is 5.91 Å². The summed E-state index contributed by atoms with van der Waals surface area (Å²) >= 11 is 6.14. The largest absolute Gasteiger partial charge is 0.355 e. The van der Waals surface area contributed by atoms with Gasteiger partial charge in [-0.1, -0.05) is 29.8 Å². The van der Waals surface area contributed by atoms with Crippen molar-refractivity contribution in [3.05, 3.63) is 52.4 Å². The molecule has 2 aromatic rings. The molecule has 1 unspecified atom stereocenters. The second-order valence-electron chi connectivity index (χ2n) is 7.28. The standard InChI is InChI=1S/C21H27ClN4O/c1-15-12-23-16(2)21(25-15)26-11-5-6-17(14-26)9-10-20(27)24-13-18-7-3-4-8-19(18)22/h3-4,7-8,12,17H,5-6,9-11,13-14H2,1-2H3,(H,24,27). The number of nitrogens with one attached hydrogen (secondary N) is 1. The lowest BCUT2D eigenvalue weighted by atomic mass is 9.93. The summed E-state index contributed by atoms with van der Waals surface area (Å²) in [5, 5.41) is 3.67. The highest BCUT2D eigenvalue weighted by Gasteiger charge is 2.23. The van der Waals surface area contributed by atoms with Crippen molar-refractivity contribution in [2.75, 3.05) is 18.0 Å². The number of anilines is 1. The second-order valence-corrected chi connectivity index (χ2v) is 7.69. The molecule has 1 amide bonds. The van der Waals surface area contributed by atoms with Crippen LogP contribution in [-0.2, 0) is 11.3 Å². The van der Waals surface area contributed by atoms with Crippen molar-refractivity contribution in [3.8, 4) is 0 Å². The predicted molar refractivity (Wildman–Crippen MR) is 109 cm³/mol. The van der Waals surface area contributed by atoms with Crippen LogP contribution in [0.15, 0.2) is 30.5 Å². The number of nitrogens with zero attached hydrogens (tertiary/aromatic N) is 3. The van der Waals surface area contributed by atoms with Crippen LogP contribution in [0.25, 0.3) is 0 Å². The van der Waals surface area contributed by atoms with Crippen LogP contribution < -0.4 is 10.2 Å². The molecular formula is C21H27ClN4O. The van der Waals surface area contributed by atoms with Gasteiger partial charge in [0.05, 0.1) is 11.4 Å². The number of halogens is 1. The number of hydrogen-bond donors (Lipinski definition) is 1. The molecule has 1 aromatic carbocycles. The van der Waals surface area contributed by atoms with E-state index in [0.717, 1.165) is 55.1 Å². The van der Waals surface area contributed by atoms with Crippen molar-refractivity contribution in [2.24, 2.45) is 5.92 Å². The maximum atomic E-state index is 12.2. The number of carbonyl (C=O) groups is 1. The third-order valence-electron chi connectivity index (χ3n) is 5.08. The summed E-state index contributed by atoms with van der Waals surface area (Å²) in [6.45, 7) is 6.41. The summed E-state index contributed by atoms with van der Waals surface area (Å²) in [5.74, 6) is 1.58. The molecule has 1 aliphatic rings. The maximum absolute atomic E-state index is 12.2. The van der Waals surface area contributed by atoms with E-state index in [1.54, 1.807) is 0 Å². The van der Waals surface area contributed by atoms with Gasteiger partial charge in [0.25, 0.3) is 0 Å². The number of hydrogen-bond acceptors (Lipinski definition) is 4. The fourth-order valence-corrected chi connectivity index (χ4v) is 3.78. The lowest BCUT2D eigenvalue weighted by Gasteiger charge is -2.34. The second kappa shape index (κ2) is 9.18. The molecule has 1 fully saturated rings. The highest BCUT2D eigenvalue weighted by atomic mass is 35.5. The Morgan fingerprint density at radius 3 is 2.96 bits per heavy atom. The fourth-order valence-electron chi connectivity index (χ4n) is 3.58. The van der Waals surface area contributed by atoms with Gasteiger partial charge in [-0.05, 0) is 50.7 Å². The Morgan fingerprint density at radius 1 is 1.33 bits per heavy atom. The maximum Gasteiger partial charge on any atom is 0.220 e. The van der Waals surface area contributed by atoms with Gasteiger partial charge in [0.1, 0.15) is 5.82 Å². The molecule has 2 heterocycles.